The van der Waals surface area contributed by atoms with Gasteiger partial charge in [-0.05, 0) is 61.5 Å². The average Bonchev–Trinajstić information content (AvgIpc) is 3.43. The van der Waals surface area contributed by atoms with Crippen LogP contribution in [0.3, 0.4) is 0 Å². The minimum Gasteiger partial charge on any atom is -0.461 e. The molecule has 10 nitrogen and oxygen atoms in total. The molecule has 0 aromatic rings. The van der Waals surface area contributed by atoms with Crippen LogP contribution in [0.25, 0.3) is 0 Å². The summed E-state index contributed by atoms with van der Waals surface area (Å²) >= 11 is 0. The number of cyclic esters (lactones) is 2. The standard InChI is InChI=1S/C26H36O10/c1-13-3-7-26-12-34-23(32)16(26)9-15(35-24-21(30)20(29)19(28)17(11-27)36-24)10-18(26)25(13,2)6-4-14-5-8-33-22(14)31/h5,9,13,15,17-21,24,27-30H,3-4,6-8,10-12H2,1-2H3. The molecule has 4 N–H and O–H groups in total. The summed E-state index contributed by atoms with van der Waals surface area (Å²) in [5.41, 5.74) is 0.568. The first-order valence-electron chi connectivity index (χ1n) is 12.8. The van der Waals surface area contributed by atoms with E-state index in [0.717, 1.165) is 19.3 Å². The van der Waals surface area contributed by atoms with E-state index in [1.165, 1.54) is 0 Å². The van der Waals surface area contributed by atoms with Gasteiger partial charge >= 0.3 is 11.9 Å². The van der Waals surface area contributed by atoms with Crippen LogP contribution >= 0.6 is 0 Å². The summed E-state index contributed by atoms with van der Waals surface area (Å²) < 4.78 is 22.3. The van der Waals surface area contributed by atoms with E-state index in [9.17, 15) is 30.0 Å². The molecule has 3 heterocycles. The number of aliphatic hydroxyl groups is 4. The molecule has 5 rings (SSSR count). The van der Waals surface area contributed by atoms with Gasteiger partial charge in [-0.3, -0.25) is 0 Å². The number of rotatable bonds is 6. The Kier molecular flexibility index (Phi) is 6.80. The van der Waals surface area contributed by atoms with E-state index < -0.39 is 48.8 Å². The van der Waals surface area contributed by atoms with Crippen molar-refractivity contribution in [2.24, 2.45) is 22.7 Å². The van der Waals surface area contributed by atoms with Crippen molar-refractivity contribution in [3.05, 3.63) is 23.3 Å². The Morgan fingerprint density at radius 2 is 1.89 bits per heavy atom. The molecule has 2 saturated heterocycles. The van der Waals surface area contributed by atoms with Gasteiger partial charge in [0.15, 0.2) is 6.29 Å². The third-order valence-electron chi connectivity index (χ3n) is 9.55. The van der Waals surface area contributed by atoms with E-state index in [0.29, 0.717) is 43.1 Å². The summed E-state index contributed by atoms with van der Waals surface area (Å²) in [6.45, 7) is 4.47. The van der Waals surface area contributed by atoms with Crippen LogP contribution < -0.4 is 0 Å². The topological polar surface area (TPSA) is 152 Å². The van der Waals surface area contributed by atoms with E-state index in [2.05, 4.69) is 13.8 Å². The second-order valence-corrected chi connectivity index (χ2v) is 11.2. The minimum atomic E-state index is -1.55. The van der Waals surface area contributed by atoms with Crippen LogP contribution in [0, 0.1) is 22.7 Å². The Hall–Kier alpha value is -1.82. The fourth-order valence-electron chi connectivity index (χ4n) is 7.09. The van der Waals surface area contributed by atoms with Gasteiger partial charge in [0.2, 0.25) is 0 Å². The molecule has 1 saturated carbocycles. The molecular formula is C26H36O10. The summed E-state index contributed by atoms with van der Waals surface area (Å²) in [6, 6.07) is 0. The van der Waals surface area contributed by atoms with Gasteiger partial charge in [0, 0.05) is 16.6 Å². The van der Waals surface area contributed by atoms with Crippen LogP contribution in [0.5, 0.6) is 0 Å². The Bertz CT molecular complexity index is 958. The molecule has 200 valence electrons. The summed E-state index contributed by atoms with van der Waals surface area (Å²) in [5.74, 6) is -0.340. The lowest BCUT2D eigenvalue weighted by Crippen LogP contribution is -2.60. The maximum Gasteiger partial charge on any atom is 0.334 e. The van der Waals surface area contributed by atoms with Gasteiger partial charge in [0.05, 0.1) is 12.7 Å². The Morgan fingerprint density at radius 1 is 1.11 bits per heavy atom. The molecule has 2 aliphatic carbocycles. The van der Waals surface area contributed by atoms with Crippen molar-refractivity contribution in [2.75, 3.05) is 19.8 Å². The summed E-state index contributed by atoms with van der Waals surface area (Å²) in [5, 5.41) is 40.3. The zero-order chi connectivity index (χ0) is 25.8. The third kappa shape index (κ3) is 4.02. The highest BCUT2D eigenvalue weighted by Crippen LogP contribution is 2.64. The Morgan fingerprint density at radius 3 is 2.58 bits per heavy atom. The predicted molar refractivity (Wildman–Crippen MR) is 123 cm³/mol. The Labute approximate surface area is 209 Å². The maximum absolute atomic E-state index is 12.9. The van der Waals surface area contributed by atoms with Gasteiger partial charge in [-0.1, -0.05) is 13.8 Å². The zero-order valence-electron chi connectivity index (χ0n) is 20.7. The molecule has 36 heavy (non-hydrogen) atoms. The number of esters is 2. The second kappa shape index (κ2) is 9.49. The number of carbonyl (C=O) groups is 2. The molecule has 0 aromatic heterocycles. The van der Waals surface area contributed by atoms with Gasteiger partial charge in [0.1, 0.15) is 37.6 Å². The van der Waals surface area contributed by atoms with Crippen molar-refractivity contribution in [1.82, 2.24) is 0 Å². The molecule has 0 aromatic carbocycles. The highest BCUT2D eigenvalue weighted by Gasteiger charge is 2.62. The van der Waals surface area contributed by atoms with Gasteiger partial charge in [-0.2, -0.15) is 0 Å². The van der Waals surface area contributed by atoms with E-state index in [1.54, 1.807) is 6.08 Å². The van der Waals surface area contributed by atoms with Gasteiger partial charge in [0.25, 0.3) is 0 Å². The molecule has 3 aliphatic heterocycles. The summed E-state index contributed by atoms with van der Waals surface area (Å²) in [7, 11) is 0. The maximum atomic E-state index is 12.9. The quantitative estimate of drug-likeness (QED) is 0.370. The summed E-state index contributed by atoms with van der Waals surface area (Å²) in [6.07, 6.45) is -0.406. The normalized spacial score (nSPS) is 46.4. The molecule has 5 aliphatic rings. The van der Waals surface area contributed by atoms with Crippen LogP contribution in [0.4, 0.5) is 0 Å². The van der Waals surface area contributed by atoms with Crippen LogP contribution in [-0.2, 0) is 28.5 Å². The van der Waals surface area contributed by atoms with E-state index >= 15 is 0 Å². The van der Waals surface area contributed by atoms with Crippen LogP contribution in [0.1, 0.15) is 46.0 Å². The smallest absolute Gasteiger partial charge is 0.334 e. The van der Waals surface area contributed by atoms with E-state index in [1.807, 2.05) is 6.08 Å². The molecule has 10 heteroatoms. The van der Waals surface area contributed by atoms with E-state index in [-0.39, 0.29) is 23.3 Å². The van der Waals surface area contributed by atoms with Gasteiger partial charge in [-0.15, -0.1) is 0 Å². The number of aliphatic hydroxyl groups excluding tert-OH is 4. The molecule has 10 atom stereocenters. The predicted octanol–water partition coefficient (Wildman–Crippen LogP) is 0.361. The Balaban J connectivity index is 1.43. The number of ether oxygens (including phenoxy) is 4. The SMILES string of the molecule is CC1CCC23COC(=O)C2=CC(OC2OC(CO)C(O)C(O)C2O)CC3C1(C)CCC1=CCOC1=O. The van der Waals surface area contributed by atoms with Gasteiger partial charge in [-0.25, -0.2) is 9.59 Å². The molecular weight excluding hydrogens is 472 g/mol. The first-order chi connectivity index (χ1) is 17.1. The highest BCUT2D eigenvalue weighted by molar-refractivity contribution is 5.93. The number of hydrogen-bond acceptors (Lipinski definition) is 10. The lowest BCUT2D eigenvalue weighted by Gasteiger charge is -2.57. The molecule has 0 amide bonds. The van der Waals surface area contributed by atoms with Crippen LogP contribution in [0.15, 0.2) is 23.3 Å². The van der Waals surface area contributed by atoms with Crippen LogP contribution in [-0.4, -0.2) is 89.0 Å². The van der Waals surface area contributed by atoms with Crippen molar-refractivity contribution in [2.45, 2.75) is 82.8 Å². The van der Waals surface area contributed by atoms with Crippen molar-refractivity contribution in [3.63, 3.8) is 0 Å². The average molecular weight is 509 g/mol. The number of hydrogen-bond donors (Lipinski definition) is 4. The number of carbonyl (C=O) groups excluding carboxylic acids is 2. The van der Waals surface area contributed by atoms with Crippen molar-refractivity contribution < 1.29 is 49.0 Å². The van der Waals surface area contributed by atoms with Crippen LogP contribution in [0.2, 0.25) is 0 Å². The third-order valence-corrected chi connectivity index (χ3v) is 9.55. The molecule has 3 fully saturated rings. The molecule has 10 unspecified atom stereocenters. The largest absolute Gasteiger partial charge is 0.461 e. The van der Waals surface area contributed by atoms with Gasteiger partial charge < -0.3 is 39.4 Å². The minimum absolute atomic E-state index is 0.00638. The molecule has 0 radical (unpaired) electrons. The first kappa shape index (κ1) is 25.8. The lowest BCUT2D eigenvalue weighted by atomic mass is 9.46. The van der Waals surface area contributed by atoms with Crippen molar-refractivity contribution in [3.8, 4) is 0 Å². The monoisotopic (exact) mass is 508 g/mol. The summed E-state index contributed by atoms with van der Waals surface area (Å²) in [4.78, 5) is 24.9. The van der Waals surface area contributed by atoms with Crippen molar-refractivity contribution >= 4 is 11.9 Å². The fourth-order valence-corrected chi connectivity index (χ4v) is 7.09. The first-order valence-corrected chi connectivity index (χ1v) is 12.8. The molecule has 1 spiro atoms. The zero-order valence-corrected chi connectivity index (χ0v) is 20.7. The highest BCUT2D eigenvalue weighted by atomic mass is 16.7. The van der Waals surface area contributed by atoms with E-state index in [4.69, 9.17) is 18.9 Å². The molecule has 0 bridgehead atoms. The van der Waals surface area contributed by atoms with Crippen molar-refractivity contribution in [1.29, 1.82) is 0 Å². The second-order valence-electron chi connectivity index (χ2n) is 11.2. The lowest BCUT2D eigenvalue weighted by molar-refractivity contribution is -0.310. The fraction of sp³-hybridized carbons (Fsp3) is 0.769.